The monoisotopic (exact) mass is 264 g/mol. The summed E-state index contributed by atoms with van der Waals surface area (Å²) in [5.74, 6) is 0.879. The molecule has 0 bridgehead atoms. The molecule has 4 nitrogen and oxygen atoms in total. The van der Waals surface area contributed by atoms with E-state index in [4.69, 9.17) is 9.47 Å². The quantitative estimate of drug-likeness (QED) is 0.857. The predicted molar refractivity (Wildman–Crippen MR) is 75.3 cm³/mol. The number of nitrogens with zero attached hydrogens (tertiary/aromatic N) is 1. The molecule has 0 saturated carbocycles. The predicted octanol–water partition coefficient (Wildman–Crippen LogP) is 2.53. The van der Waals surface area contributed by atoms with Gasteiger partial charge in [-0.3, -0.25) is 4.98 Å². The number of hydrogen-bond acceptors (Lipinski definition) is 4. The third-order valence-electron chi connectivity index (χ3n) is 3.19. The lowest BCUT2D eigenvalue weighted by Gasteiger charge is -2.22. The fraction of sp³-hybridized carbons (Fsp3) is 0.667. The molecule has 1 aliphatic rings. The average Bonchev–Trinajstić information content (AvgIpc) is 2.44. The van der Waals surface area contributed by atoms with E-state index < -0.39 is 0 Å². The van der Waals surface area contributed by atoms with E-state index in [-0.39, 0.29) is 6.10 Å². The first-order valence-corrected chi connectivity index (χ1v) is 7.17. The van der Waals surface area contributed by atoms with Gasteiger partial charge in [-0.25, -0.2) is 0 Å². The van der Waals surface area contributed by atoms with E-state index in [1.807, 2.05) is 12.1 Å². The lowest BCUT2D eigenvalue weighted by molar-refractivity contribution is -0.0111. The minimum atomic E-state index is 0.249. The van der Waals surface area contributed by atoms with Gasteiger partial charge in [0.25, 0.3) is 0 Å². The van der Waals surface area contributed by atoms with Crippen LogP contribution in [0.4, 0.5) is 0 Å². The van der Waals surface area contributed by atoms with Crippen LogP contribution in [0.25, 0.3) is 0 Å². The van der Waals surface area contributed by atoms with E-state index in [2.05, 4.69) is 24.1 Å². The van der Waals surface area contributed by atoms with Crippen molar-refractivity contribution >= 4 is 0 Å². The molecule has 1 unspecified atom stereocenters. The molecule has 1 N–H and O–H groups in total. The van der Waals surface area contributed by atoms with Crippen molar-refractivity contribution in [2.24, 2.45) is 0 Å². The maximum absolute atomic E-state index is 5.80. The summed E-state index contributed by atoms with van der Waals surface area (Å²) in [7, 11) is 0. The zero-order valence-corrected chi connectivity index (χ0v) is 11.9. The second kappa shape index (κ2) is 7.46. The van der Waals surface area contributed by atoms with Crippen molar-refractivity contribution < 1.29 is 9.47 Å². The van der Waals surface area contributed by atoms with Gasteiger partial charge in [0.15, 0.2) is 0 Å². The van der Waals surface area contributed by atoms with Gasteiger partial charge < -0.3 is 14.8 Å². The Labute approximate surface area is 115 Å². The Morgan fingerprint density at radius 1 is 1.47 bits per heavy atom. The Kier molecular flexibility index (Phi) is 5.61. The lowest BCUT2D eigenvalue weighted by atomic mass is 10.1. The first-order valence-electron chi connectivity index (χ1n) is 7.17. The van der Waals surface area contributed by atoms with Gasteiger partial charge in [-0.2, -0.15) is 0 Å². The van der Waals surface area contributed by atoms with Crippen LogP contribution in [0.15, 0.2) is 18.3 Å². The van der Waals surface area contributed by atoms with Gasteiger partial charge in [0.2, 0.25) is 0 Å². The summed E-state index contributed by atoms with van der Waals surface area (Å²) in [6, 6.07) is 4.36. The van der Waals surface area contributed by atoms with Crippen molar-refractivity contribution in [3.63, 3.8) is 0 Å². The van der Waals surface area contributed by atoms with E-state index in [0.29, 0.717) is 12.6 Å². The lowest BCUT2D eigenvalue weighted by Crippen LogP contribution is -2.26. The molecule has 2 heterocycles. The number of pyridine rings is 1. The molecule has 1 fully saturated rings. The molecule has 0 amide bonds. The van der Waals surface area contributed by atoms with Crippen molar-refractivity contribution in [1.82, 2.24) is 10.3 Å². The summed E-state index contributed by atoms with van der Waals surface area (Å²) in [4.78, 5) is 4.33. The van der Waals surface area contributed by atoms with Crippen molar-refractivity contribution in [3.8, 4) is 5.75 Å². The highest BCUT2D eigenvalue weighted by Gasteiger charge is 2.14. The molecule has 4 heteroatoms. The molecular formula is C15H24N2O2. The minimum absolute atomic E-state index is 0.249. The van der Waals surface area contributed by atoms with Crippen LogP contribution in [0.3, 0.4) is 0 Å². The van der Waals surface area contributed by atoms with Gasteiger partial charge in [0, 0.05) is 31.5 Å². The van der Waals surface area contributed by atoms with Gasteiger partial charge in [-0.05, 0) is 25.3 Å². The van der Waals surface area contributed by atoms with Crippen LogP contribution in [0.5, 0.6) is 5.75 Å². The summed E-state index contributed by atoms with van der Waals surface area (Å²) >= 11 is 0. The molecule has 1 aliphatic heterocycles. The number of hydrogen-bond donors (Lipinski definition) is 1. The topological polar surface area (TPSA) is 43.4 Å². The highest BCUT2D eigenvalue weighted by molar-refractivity contribution is 5.22. The van der Waals surface area contributed by atoms with Crippen molar-refractivity contribution in [1.29, 1.82) is 0 Å². The highest BCUT2D eigenvalue weighted by atomic mass is 16.5. The Morgan fingerprint density at radius 2 is 2.37 bits per heavy atom. The number of ether oxygens (including phenoxy) is 2. The van der Waals surface area contributed by atoms with Crippen molar-refractivity contribution in [2.75, 3.05) is 13.2 Å². The van der Waals surface area contributed by atoms with Gasteiger partial charge >= 0.3 is 0 Å². The second-order valence-electron chi connectivity index (χ2n) is 5.32. The minimum Gasteiger partial charge on any atom is -0.491 e. The molecule has 106 valence electrons. The molecule has 0 radical (unpaired) electrons. The van der Waals surface area contributed by atoms with Crippen LogP contribution >= 0.6 is 0 Å². The van der Waals surface area contributed by atoms with Gasteiger partial charge in [0.05, 0.1) is 11.8 Å². The summed E-state index contributed by atoms with van der Waals surface area (Å²) in [6.07, 6.45) is 5.57. The zero-order chi connectivity index (χ0) is 13.5. The van der Waals surface area contributed by atoms with E-state index in [1.54, 1.807) is 6.20 Å². The summed E-state index contributed by atoms with van der Waals surface area (Å²) in [5, 5.41) is 3.35. The summed E-state index contributed by atoms with van der Waals surface area (Å²) in [6.45, 7) is 6.53. The largest absolute Gasteiger partial charge is 0.491 e. The molecule has 1 saturated heterocycles. The molecular weight excluding hydrogens is 240 g/mol. The molecule has 1 aromatic heterocycles. The van der Waals surface area contributed by atoms with Crippen LogP contribution in [0.1, 0.15) is 38.8 Å². The van der Waals surface area contributed by atoms with E-state index in [9.17, 15) is 0 Å². The summed E-state index contributed by atoms with van der Waals surface area (Å²) in [5.41, 5.74) is 1.01. The molecule has 0 aromatic carbocycles. The SMILES string of the molecule is CC(C)NCc1cc(OCC2CCCCO2)ccn1. The fourth-order valence-corrected chi connectivity index (χ4v) is 2.08. The van der Waals surface area contributed by atoms with Crippen molar-refractivity contribution in [2.45, 2.75) is 51.8 Å². The summed E-state index contributed by atoms with van der Waals surface area (Å²) < 4.78 is 11.5. The number of aromatic nitrogens is 1. The maximum atomic E-state index is 5.80. The van der Waals surface area contributed by atoms with Crippen LogP contribution in [0, 0.1) is 0 Å². The molecule has 1 aromatic rings. The van der Waals surface area contributed by atoms with Crippen LogP contribution < -0.4 is 10.1 Å². The molecule has 0 aliphatic carbocycles. The van der Waals surface area contributed by atoms with E-state index in [0.717, 1.165) is 31.0 Å². The third-order valence-corrected chi connectivity index (χ3v) is 3.19. The normalized spacial score (nSPS) is 19.6. The van der Waals surface area contributed by atoms with Crippen LogP contribution in [-0.4, -0.2) is 30.3 Å². The van der Waals surface area contributed by atoms with Crippen LogP contribution in [-0.2, 0) is 11.3 Å². The molecule has 1 atom stereocenters. The average molecular weight is 264 g/mol. The second-order valence-corrected chi connectivity index (χ2v) is 5.32. The van der Waals surface area contributed by atoms with Crippen LogP contribution in [0.2, 0.25) is 0 Å². The maximum Gasteiger partial charge on any atom is 0.122 e. The first-order chi connectivity index (χ1) is 9.24. The van der Waals surface area contributed by atoms with Gasteiger partial charge in [-0.15, -0.1) is 0 Å². The molecule has 2 rings (SSSR count). The Balaban J connectivity index is 1.80. The number of rotatable bonds is 6. The Hall–Kier alpha value is -1.13. The van der Waals surface area contributed by atoms with Gasteiger partial charge in [-0.1, -0.05) is 13.8 Å². The Morgan fingerprint density at radius 3 is 3.11 bits per heavy atom. The smallest absolute Gasteiger partial charge is 0.122 e. The fourth-order valence-electron chi connectivity index (χ4n) is 2.08. The standard InChI is InChI=1S/C15H24N2O2/c1-12(2)17-10-13-9-14(6-7-16-13)19-11-15-5-3-4-8-18-15/h6-7,9,12,15,17H,3-5,8,10-11H2,1-2H3. The third kappa shape index (κ3) is 5.17. The molecule has 0 spiro atoms. The zero-order valence-electron chi connectivity index (χ0n) is 11.9. The number of nitrogens with one attached hydrogen (secondary N) is 1. The van der Waals surface area contributed by atoms with E-state index in [1.165, 1.54) is 12.8 Å². The first kappa shape index (κ1) is 14.3. The van der Waals surface area contributed by atoms with Crippen molar-refractivity contribution in [3.05, 3.63) is 24.0 Å². The van der Waals surface area contributed by atoms with Gasteiger partial charge in [0.1, 0.15) is 12.4 Å². The van der Waals surface area contributed by atoms with E-state index >= 15 is 0 Å². The highest BCUT2D eigenvalue weighted by Crippen LogP contribution is 2.16. The molecule has 19 heavy (non-hydrogen) atoms. The Bertz CT molecular complexity index is 376.